The molecule has 15 heavy (non-hydrogen) atoms. The molecule has 1 rings (SSSR count). The molecule has 0 atom stereocenters. The summed E-state index contributed by atoms with van der Waals surface area (Å²) in [5, 5.41) is 17.3. The Morgan fingerprint density at radius 3 is 2.47 bits per heavy atom. The largest absolute Gasteiger partial charge is 0.389 e. The molecule has 0 saturated heterocycles. The fourth-order valence-corrected chi connectivity index (χ4v) is 1.43. The van der Waals surface area contributed by atoms with E-state index in [1.54, 1.807) is 13.8 Å². The zero-order valence-electron chi connectivity index (χ0n) is 9.82. The van der Waals surface area contributed by atoms with E-state index < -0.39 is 5.60 Å². The van der Waals surface area contributed by atoms with Gasteiger partial charge in [0.05, 0.1) is 5.60 Å². The Kier molecular flexibility index (Phi) is 3.82. The lowest BCUT2D eigenvalue weighted by Crippen LogP contribution is -2.38. The first-order valence-electron chi connectivity index (χ1n) is 5.15. The Balaban J connectivity index is 2.58. The van der Waals surface area contributed by atoms with E-state index >= 15 is 0 Å². The van der Waals surface area contributed by atoms with Crippen LogP contribution < -0.4 is 0 Å². The van der Waals surface area contributed by atoms with Crippen molar-refractivity contribution in [2.24, 2.45) is 0 Å². The molecule has 1 aromatic heterocycles. The van der Waals surface area contributed by atoms with Gasteiger partial charge in [0.15, 0.2) is 0 Å². The molecule has 0 amide bonds. The lowest BCUT2D eigenvalue weighted by Gasteiger charge is -2.27. The summed E-state index contributed by atoms with van der Waals surface area (Å²) in [7, 11) is 0. The molecule has 0 aliphatic heterocycles. The highest BCUT2D eigenvalue weighted by Crippen LogP contribution is 2.10. The maximum atomic E-state index is 9.72. The topological polar surface area (TPSA) is 62.4 Å². The Labute approximate surface area is 90.0 Å². The van der Waals surface area contributed by atoms with Crippen molar-refractivity contribution in [1.29, 1.82) is 0 Å². The molecule has 0 aliphatic rings. The number of hydrogen-bond acceptors (Lipinski definition) is 5. The number of aliphatic hydroxyl groups is 1. The third-order valence-corrected chi connectivity index (χ3v) is 2.18. The van der Waals surface area contributed by atoms with Crippen molar-refractivity contribution in [3.8, 4) is 0 Å². The molecule has 0 radical (unpaired) electrons. The van der Waals surface area contributed by atoms with E-state index in [0.29, 0.717) is 13.1 Å². The van der Waals surface area contributed by atoms with Gasteiger partial charge in [-0.05, 0) is 27.3 Å². The van der Waals surface area contributed by atoms with Crippen molar-refractivity contribution in [3.63, 3.8) is 0 Å². The van der Waals surface area contributed by atoms with Gasteiger partial charge in [-0.3, -0.25) is 4.90 Å². The first kappa shape index (κ1) is 12.1. The maximum absolute atomic E-state index is 9.72. The molecular weight excluding hydrogens is 194 g/mol. The van der Waals surface area contributed by atoms with Gasteiger partial charge in [0.2, 0.25) is 0 Å². The number of likely N-dealkylation sites (N-methyl/N-ethyl adjacent to an activating group) is 1. The second-order valence-electron chi connectivity index (χ2n) is 4.41. The average Bonchev–Trinajstić information content (AvgIpc) is 2.48. The summed E-state index contributed by atoms with van der Waals surface area (Å²) < 4.78 is 4.63. The van der Waals surface area contributed by atoms with Crippen LogP contribution in [0.4, 0.5) is 0 Å². The van der Waals surface area contributed by atoms with Crippen molar-refractivity contribution in [3.05, 3.63) is 11.4 Å². The molecule has 0 unspecified atom stereocenters. The summed E-state index contributed by atoms with van der Waals surface area (Å²) in [5.41, 5.74) is 0.950. The molecule has 1 heterocycles. The molecule has 1 aromatic rings. The predicted molar refractivity (Wildman–Crippen MR) is 56.3 cm³/mol. The van der Waals surface area contributed by atoms with Gasteiger partial charge < -0.3 is 5.11 Å². The van der Waals surface area contributed by atoms with E-state index in [2.05, 4.69) is 26.8 Å². The van der Waals surface area contributed by atoms with Crippen LogP contribution in [0.1, 0.15) is 32.2 Å². The number of aryl methyl sites for hydroxylation is 1. The molecular formula is C10H19N3O2. The highest BCUT2D eigenvalue weighted by atomic mass is 16.6. The van der Waals surface area contributed by atoms with E-state index in [9.17, 15) is 5.11 Å². The fourth-order valence-electron chi connectivity index (χ4n) is 1.43. The van der Waals surface area contributed by atoms with Gasteiger partial charge in [0.1, 0.15) is 11.4 Å². The number of aromatic nitrogens is 2. The molecule has 86 valence electrons. The van der Waals surface area contributed by atoms with E-state index in [-0.39, 0.29) is 0 Å². The first-order valence-corrected chi connectivity index (χ1v) is 5.15. The molecule has 0 fully saturated rings. The van der Waals surface area contributed by atoms with Gasteiger partial charge >= 0.3 is 0 Å². The molecule has 0 spiro atoms. The highest BCUT2D eigenvalue weighted by molar-refractivity contribution is 5.04. The van der Waals surface area contributed by atoms with Gasteiger partial charge in [-0.25, -0.2) is 4.63 Å². The Bertz CT molecular complexity index is 304. The summed E-state index contributed by atoms with van der Waals surface area (Å²) >= 11 is 0. The summed E-state index contributed by atoms with van der Waals surface area (Å²) in [6.45, 7) is 9.63. The number of hydrogen-bond donors (Lipinski definition) is 1. The van der Waals surface area contributed by atoms with Crippen molar-refractivity contribution in [1.82, 2.24) is 15.2 Å². The minimum atomic E-state index is -0.693. The van der Waals surface area contributed by atoms with E-state index in [1.165, 1.54) is 0 Å². The average molecular weight is 213 g/mol. The van der Waals surface area contributed by atoms with Gasteiger partial charge in [0.25, 0.3) is 0 Å². The molecule has 0 bridgehead atoms. The quantitative estimate of drug-likeness (QED) is 0.789. The van der Waals surface area contributed by atoms with Gasteiger partial charge in [0, 0.05) is 13.1 Å². The molecule has 0 aromatic carbocycles. The summed E-state index contributed by atoms with van der Waals surface area (Å²) in [5.74, 6) is 0. The molecule has 0 saturated carbocycles. The normalized spacial score (nSPS) is 12.4. The predicted octanol–water partition coefficient (Wildman–Crippen LogP) is 0.971. The van der Waals surface area contributed by atoms with Gasteiger partial charge in [-0.15, -0.1) is 0 Å². The van der Waals surface area contributed by atoms with E-state index in [1.807, 2.05) is 6.92 Å². The van der Waals surface area contributed by atoms with Crippen LogP contribution in [-0.2, 0) is 6.54 Å². The van der Waals surface area contributed by atoms with Crippen LogP contribution in [0.3, 0.4) is 0 Å². The van der Waals surface area contributed by atoms with Crippen LogP contribution in [0.2, 0.25) is 0 Å². The minimum absolute atomic E-state index is 0.607. The number of rotatable bonds is 5. The molecule has 0 aliphatic carbocycles. The summed E-state index contributed by atoms with van der Waals surface area (Å²) in [6, 6.07) is 0. The smallest absolute Gasteiger partial charge is 0.122 e. The molecule has 5 nitrogen and oxygen atoms in total. The third-order valence-electron chi connectivity index (χ3n) is 2.18. The lowest BCUT2D eigenvalue weighted by atomic mass is 10.1. The first-order chi connectivity index (χ1) is 6.92. The van der Waals surface area contributed by atoms with Gasteiger partial charge in [-0.1, -0.05) is 17.2 Å². The lowest BCUT2D eigenvalue weighted by molar-refractivity contribution is 0.0346. The SMILES string of the molecule is CCN(Cc1nonc1C)CC(C)(C)O. The van der Waals surface area contributed by atoms with Crippen LogP contribution >= 0.6 is 0 Å². The monoisotopic (exact) mass is 213 g/mol. The van der Waals surface area contributed by atoms with Crippen molar-refractivity contribution in [2.75, 3.05) is 13.1 Å². The number of nitrogens with zero attached hydrogens (tertiary/aromatic N) is 3. The van der Waals surface area contributed by atoms with Crippen molar-refractivity contribution >= 4 is 0 Å². The van der Waals surface area contributed by atoms with Gasteiger partial charge in [-0.2, -0.15) is 0 Å². The van der Waals surface area contributed by atoms with Crippen LogP contribution in [0.25, 0.3) is 0 Å². The molecule has 1 N–H and O–H groups in total. The fraction of sp³-hybridized carbons (Fsp3) is 0.800. The Hall–Kier alpha value is -0.940. The highest BCUT2D eigenvalue weighted by Gasteiger charge is 2.19. The maximum Gasteiger partial charge on any atom is 0.122 e. The molecule has 5 heteroatoms. The van der Waals surface area contributed by atoms with Crippen molar-refractivity contribution < 1.29 is 9.74 Å². The standard InChI is InChI=1S/C10H19N3O2/c1-5-13(7-10(3,4)14)6-9-8(2)11-15-12-9/h14H,5-7H2,1-4H3. The van der Waals surface area contributed by atoms with Crippen molar-refractivity contribution in [2.45, 2.75) is 39.8 Å². The van der Waals surface area contributed by atoms with E-state index in [0.717, 1.165) is 17.9 Å². The van der Waals surface area contributed by atoms with Crippen LogP contribution in [0.5, 0.6) is 0 Å². The summed E-state index contributed by atoms with van der Waals surface area (Å²) in [6.07, 6.45) is 0. The van der Waals surface area contributed by atoms with Crippen LogP contribution in [-0.4, -0.2) is 39.0 Å². The minimum Gasteiger partial charge on any atom is -0.389 e. The second-order valence-corrected chi connectivity index (χ2v) is 4.41. The van der Waals surface area contributed by atoms with Crippen LogP contribution in [0, 0.1) is 6.92 Å². The zero-order valence-corrected chi connectivity index (χ0v) is 9.82. The zero-order chi connectivity index (χ0) is 11.5. The Morgan fingerprint density at radius 2 is 2.07 bits per heavy atom. The van der Waals surface area contributed by atoms with Crippen LogP contribution in [0.15, 0.2) is 4.63 Å². The second kappa shape index (κ2) is 4.72. The summed E-state index contributed by atoms with van der Waals surface area (Å²) in [4.78, 5) is 2.10. The Morgan fingerprint density at radius 1 is 1.40 bits per heavy atom. The van der Waals surface area contributed by atoms with E-state index in [4.69, 9.17) is 0 Å². The third kappa shape index (κ3) is 3.97.